The molecule has 3 heterocycles. The van der Waals surface area contributed by atoms with Crippen LogP contribution in [0.3, 0.4) is 0 Å². The van der Waals surface area contributed by atoms with Crippen molar-refractivity contribution in [2.24, 2.45) is 0 Å². The van der Waals surface area contributed by atoms with Crippen LogP contribution < -0.4 is 20.5 Å². The quantitative estimate of drug-likeness (QED) is 0.588. The topological polar surface area (TPSA) is 119 Å². The molecule has 10 heteroatoms. The maximum atomic E-state index is 13.0. The van der Waals surface area contributed by atoms with Crippen LogP contribution in [0.25, 0.3) is 0 Å². The second-order valence-electron chi connectivity index (χ2n) is 8.34. The molecule has 2 aliphatic heterocycles. The van der Waals surface area contributed by atoms with Crippen LogP contribution in [-0.2, 0) is 11.3 Å². The van der Waals surface area contributed by atoms with E-state index >= 15 is 0 Å². The van der Waals surface area contributed by atoms with Crippen LogP contribution in [0.15, 0.2) is 48.5 Å². The van der Waals surface area contributed by atoms with E-state index in [0.717, 1.165) is 11.3 Å². The van der Waals surface area contributed by atoms with Crippen LogP contribution >= 0.6 is 0 Å². The van der Waals surface area contributed by atoms with Gasteiger partial charge in [0.1, 0.15) is 12.4 Å². The molecule has 0 aliphatic carbocycles. The number of amides is 1. The normalized spacial score (nSPS) is 17.9. The third kappa shape index (κ3) is 4.86. The number of nitrogens with one attached hydrogen (secondary N) is 1. The van der Waals surface area contributed by atoms with Gasteiger partial charge in [0, 0.05) is 31.9 Å². The first-order chi connectivity index (χ1) is 16.5. The highest BCUT2D eigenvalue weighted by molar-refractivity contribution is 5.82. The van der Waals surface area contributed by atoms with Gasteiger partial charge in [-0.1, -0.05) is 30.3 Å². The monoisotopic (exact) mass is 461 g/mol. The third-order valence-electron chi connectivity index (χ3n) is 5.92. The summed E-state index contributed by atoms with van der Waals surface area (Å²) in [6.07, 6.45) is -0.625. The van der Waals surface area contributed by atoms with Crippen LogP contribution in [0.4, 0.5) is 17.6 Å². The second kappa shape index (κ2) is 9.52. The summed E-state index contributed by atoms with van der Waals surface area (Å²) >= 11 is 0. The number of aryl methyl sites for hydroxylation is 1. The van der Waals surface area contributed by atoms with Gasteiger partial charge in [0.25, 0.3) is 5.91 Å². The van der Waals surface area contributed by atoms with Gasteiger partial charge in [-0.25, -0.2) is 0 Å². The number of benzene rings is 2. The molecule has 1 aromatic heterocycles. The fourth-order valence-corrected chi connectivity index (χ4v) is 4.07. The van der Waals surface area contributed by atoms with E-state index in [0.29, 0.717) is 56.0 Å². The standard InChI is InChI=1S/C24H27N7O3/c1-16-6-2-3-7-17(16)26-24-28-21(27-23(25)29-24)14-30-10-12-31(13-11-30)22(32)20-15-33-18-8-4-5-9-19(18)34-20/h2-9,20H,10-15H2,1H3,(H3,25,26,27,28,29)/t20-/m1/s1. The van der Waals surface area contributed by atoms with E-state index in [1.807, 2.05) is 60.4 Å². The zero-order chi connectivity index (χ0) is 23.5. The Labute approximate surface area is 197 Å². The number of fused-ring (bicyclic) bond motifs is 1. The minimum absolute atomic E-state index is 0.0525. The van der Waals surface area contributed by atoms with E-state index in [4.69, 9.17) is 15.2 Å². The predicted octanol–water partition coefficient (Wildman–Crippen LogP) is 1.99. The minimum Gasteiger partial charge on any atom is -0.485 e. The molecule has 3 N–H and O–H groups in total. The van der Waals surface area contributed by atoms with E-state index < -0.39 is 6.10 Å². The highest BCUT2D eigenvalue weighted by Gasteiger charge is 2.32. The number of anilines is 3. The number of nitrogens with zero attached hydrogens (tertiary/aromatic N) is 5. The smallest absolute Gasteiger partial charge is 0.267 e. The first-order valence-corrected chi connectivity index (χ1v) is 11.3. The van der Waals surface area contributed by atoms with Crippen LogP contribution in [-0.4, -0.2) is 69.5 Å². The zero-order valence-electron chi connectivity index (χ0n) is 19.0. The van der Waals surface area contributed by atoms with Crippen molar-refractivity contribution in [2.75, 3.05) is 43.8 Å². The number of nitrogen functional groups attached to an aromatic ring is 1. The zero-order valence-corrected chi connectivity index (χ0v) is 19.0. The molecule has 0 unspecified atom stereocenters. The van der Waals surface area contributed by atoms with Gasteiger partial charge >= 0.3 is 0 Å². The van der Waals surface area contributed by atoms with Gasteiger partial charge in [-0.15, -0.1) is 0 Å². The number of piperazine rings is 1. The molecule has 1 saturated heterocycles. The minimum atomic E-state index is -0.625. The number of para-hydroxylation sites is 3. The van der Waals surface area contributed by atoms with Crippen molar-refractivity contribution >= 4 is 23.5 Å². The molecule has 10 nitrogen and oxygen atoms in total. The molecule has 176 valence electrons. The Kier molecular flexibility index (Phi) is 6.13. The van der Waals surface area contributed by atoms with Crippen LogP contribution in [0.2, 0.25) is 0 Å². The van der Waals surface area contributed by atoms with Gasteiger partial charge in [0.05, 0.1) is 6.54 Å². The summed E-state index contributed by atoms with van der Waals surface area (Å²) in [5.41, 5.74) is 7.94. The van der Waals surface area contributed by atoms with Gasteiger partial charge < -0.3 is 25.4 Å². The molecule has 2 aromatic carbocycles. The van der Waals surface area contributed by atoms with Crippen molar-refractivity contribution < 1.29 is 14.3 Å². The van der Waals surface area contributed by atoms with Crippen LogP contribution in [0.5, 0.6) is 11.5 Å². The van der Waals surface area contributed by atoms with E-state index in [1.54, 1.807) is 0 Å². The molecule has 1 atom stereocenters. The predicted molar refractivity (Wildman–Crippen MR) is 127 cm³/mol. The van der Waals surface area contributed by atoms with Crippen molar-refractivity contribution in [3.8, 4) is 11.5 Å². The van der Waals surface area contributed by atoms with E-state index in [2.05, 4.69) is 25.2 Å². The Morgan fingerprint density at radius 2 is 1.76 bits per heavy atom. The molecule has 0 bridgehead atoms. The molecular formula is C24H27N7O3. The largest absolute Gasteiger partial charge is 0.485 e. The second-order valence-corrected chi connectivity index (χ2v) is 8.34. The Morgan fingerprint density at radius 1 is 1.03 bits per heavy atom. The third-order valence-corrected chi connectivity index (χ3v) is 5.92. The molecule has 5 rings (SSSR count). The first kappa shape index (κ1) is 21.9. The van der Waals surface area contributed by atoms with Gasteiger partial charge in [-0.3, -0.25) is 9.69 Å². The lowest BCUT2D eigenvalue weighted by atomic mass is 10.2. The number of carbonyl (C=O) groups is 1. The Morgan fingerprint density at radius 3 is 2.56 bits per heavy atom. The average molecular weight is 462 g/mol. The fourth-order valence-electron chi connectivity index (χ4n) is 4.07. The number of ether oxygens (including phenoxy) is 2. The maximum absolute atomic E-state index is 13.0. The summed E-state index contributed by atoms with van der Waals surface area (Å²) in [6.45, 7) is 5.33. The van der Waals surface area contributed by atoms with Crippen molar-refractivity contribution in [1.82, 2.24) is 24.8 Å². The summed E-state index contributed by atoms with van der Waals surface area (Å²) in [4.78, 5) is 30.0. The lowest BCUT2D eigenvalue weighted by molar-refractivity contribution is -0.143. The summed E-state index contributed by atoms with van der Waals surface area (Å²) in [5, 5.41) is 3.22. The molecule has 0 radical (unpaired) electrons. The number of rotatable bonds is 5. The molecular weight excluding hydrogens is 434 g/mol. The van der Waals surface area contributed by atoms with Crippen LogP contribution in [0, 0.1) is 6.92 Å². The van der Waals surface area contributed by atoms with Crippen molar-refractivity contribution in [2.45, 2.75) is 19.6 Å². The van der Waals surface area contributed by atoms with Crippen molar-refractivity contribution in [3.05, 3.63) is 59.9 Å². The highest BCUT2D eigenvalue weighted by Crippen LogP contribution is 2.31. The SMILES string of the molecule is Cc1ccccc1Nc1nc(N)nc(CN2CCN(C(=O)[C@H]3COc4ccccc4O3)CC2)n1. The van der Waals surface area contributed by atoms with Gasteiger partial charge in [0.15, 0.2) is 11.5 Å². The van der Waals surface area contributed by atoms with Crippen molar-refractivity contribution in [1.29, 1.82) is 0 Å². The number of hydrogen-bond acceptors (Lipinski definition) is 9. The van der Waals surface area contributed by atoms with Crippen LogP contribution in [0.1, 0.15) is 11.4 Å². The molecule has 34 heavy (non-hydrogen) atoms. The van der Waals surface area contributed by atoms with E-state index in [-0.39, 0.29) is 18.5 Å². The Hall–Kier alpha value is -3.92. The first-order valence-electron chi connectivity index (χ1n) is 11.3. The fraction of sp³-hybridized carbons (Fsp3) is 0.333. The Balaban J connectivity index is 1.17. The summed E-state index contributed by atoms with van der Waals surface area (Å²) in [5.74, 6) is 2.40. The van der Waals surface area contributed by atoms with Crippen molar-refractivity contribution in [3.63, 3.8) is 0 Å². The van der Waals surface area contributed by atoms with E-state index in [1.165, 1.54) is 0 Å². The van der Waals surface area contributed by atoms with Gasteiger partial charge in [0.2, 0.25) is 18.0 Å². The lowest BCUT2D eigenvalue weighted by Gasteiger charge is -2.36. The summed E-state index contributed by atoms with van der Waals surface area (Å²) in [7, 11) is 0. The number of aromatic nitrogens is 3. The van der Waals surface area contributed by atoms with Gasteiger partial charge in [-0.05, 0) is 30.7 Å². The molecule has 1 fully saturated rings. The number of carbonyl (C=O) groups excluding carboxylic acids is 1. The molecule has 2 aliphatic rings. The summed E-state index contributed by atoms with van der Waals surface area (Å²) in [6, 6.07) is 15.3. The average Bonchev–Trinajstić information content (AvgIpc) is 2.85. The number of hydrogen-bond donors (Lipinski definition) is 2. The number of nitrogens with two attached hydrogens (primary N) is 1. The lowest BCUT2D eigenvalue weighted by Crippen LogP contribution is -2.53. The summed E-state index contributed by atoms with van der Waals surface area (Å²) < 4.78 is 11.6. The van der Waals surface area contributed by atoms with E-state index in [9.17, 15) is 4.79 Å². The maximum Gasteiger partial charge on any atom is 0.267 e. The highest BCUT2D eigenvalue weighted by atomic mass is 16.6. The molecule has 0 spiro atoms. The molecule has 0 saturated carbocycles. The molecule has 3 aromatic rings. The Bertz CT molecular complexity index is 1180. The molecule has 1 amide bonds. The van der Waals surface area contributed by atoms with Gasteiger partial charge in [-0.2, -0.15) is 15.0 Å².